The summed E-state index contributed by atoms with van der Waals surface area (Å²) in [6.07, 6.45) is 0. The summed E-state index contributed by atoms with van der Waals surface area (Å²) in [5.41, 5.74) is 5.70. The molecule has 142 valence electrons. The quantitative estimate of drug-likeness (QED) is 0.627. The van der Waals surface area contributed by atoms with E-state index in [9.17, 15) is 18.4 Å². The van der Waals surface area contributed by atoms with Crippen molar-refractivity contribution in [3.8, 4) is 11.3 Å². The number of aromatic nitrogens is 2. The SMILES string of the molecule is CNC(=O)c1ccc(Nc2cc(-c3c(F)cccc3F)nnc2C(N)=O)cc1. The number of primary amides is 1. The Balaban J connectivity index is 2.01. The van der Waals surface area contributed by atoms with E-state index in [1.165, 1.54) is 19.2 Å². The largest absolute Gasteiger partial charge is 0.364 e. The van der Waals surface area contributed by atoms with Crippen molar-refractivity contribution in [3.05, 3.63) is 71.4 Å². The summed E-state index contributed by atoms with van der Waals surface area (Å²) in [5, 5.41) is 12.8. The minimum atomic E-state index is -0.863. The Morgan fingerprint density at radius 1 is 1.00 bits per heavy atom. The van der Waals surface area contributed by atoms with E-state index < -0.39 is 17.5 Å². The fourth-order valence-electron chi connectivity index (χ4n) is 2.54. The lowest BCUT2D eigenvalue weighted by molar-refractivity contribution is 0.0961. The number of hydrogen-bond donors (Lipinski definition) is 3. The minimum Gasteiger partial charge on any atom is -0.364 e. The third kappa shape index (κ3) is 3.78. The molecule has 2 aromatic carbocycles. The molecule has 0 bridgehead atoms. The van der Waals surface area contributed by atoms with Crippen molar-refractivity contribution in [2.75, 3.05) is 12.4 Å². The average Bonchev–Trinajstić information content (AvgIpc) is 2.68. The minimum absolute atomic E-state index is 0.106. The first-order valence-corrected chi connectivity index (χ1v) is 8.11. The van der Waals surface area contributed by atoms with Gasteiger partial charge in [0.2, 0.25) is 0 Å². The third-order valence-corrected chi connectivity index (χ3v) is 3.90. The van der Waals surface area contributed by atoms with Gasteiger partial charge in [-0.05, 0) is 42.5 Å². The molecule has 2 amide bonds. The maximum absolute atomic E-state index is 14.0. The first kappa shape index (κ1) is 18.9. The highest BCUT2D eigenvalue weighted by atomic mass is 19.1. The molecule has 0 spiro atoms. The van der Waals surface area contributed by atoms with Gasteiger partial charge in [0.25, 0.3) is 11.8 Å². The van der Waals surface area contributed by atoms with Gasteiger partial charge in [0.15, 0.2) is 5.69 Å². The molecule has 4 N–H and O–H groups in total. The molecule has 0 aliphatic rings. The first-order valence-electron chi connectivity index (χ1n) is 8.11. The zero-order chi connectivity index (χ0) is 20.3. The molecule has 3 rings (SSSR count). The molecule has 9 heteroatoms. The van der Waals surface area contributed by atoms with Crippen LogP contribution in [0.5, 0.6) is 0 Å². The van der Waals surface area contributed by atoms with Gasteiger partial charge >= 0.3 is 0 Å². The van der Waals surface area contributed by atoms with Crippen molar-refractivity contribution in [2.24, 2.45) is 5.73 Å². The highest BCUT2D eigenvalue weighted by Gasteiger charge is 2.18. The zero-order valence-corrected chi connectivity index (χ0v) is 14.7. The molecular weight excluding hydrogens is 368 g/mol. The van der Waals surface area contributed by atoms with E-state index in [4.69, 9.17) is 5.73 Å². The van der Waals surface area contributed by atoms with Crippen molar-refractivity contribution in [1.29, 1.82) is 0 Å². The second kappa shape index (κ2) is 7.78. The van der Waals surface area contributed by atoms with E-state index in [1.807, 2.05) is 0 Å². The molecule has 0 saturated carbocycles. The number of nitrogens with two attached hydrogens (primary N) is 1. The van der Waals surface area contributed by atoms with E-state index in [0.717, 1.165) is 12.1 Å². The fourth-order valence-corrected chi connectivity index (χ4v) is 2.54. The van der Waals surface area contributed by atoms with Crippen molar-refractivity contribution in [1.82, 2.24) is 15.5 Å². The predicted octanol–water partition coefficient (Wildman–Crippen LogP) is 2.62. The summed E-state index contributed by atoms with van der Waals surface area (Å²) in [5.74, 6) is -2.76. The molecular formula is C19H15F2N5O2. The Hall–Kier alpha value is -3.88. The van der Waals surface area contributed by atoms with Crippen LogP contribution in [-0.2, 0) is 0 Å². The second-order valence-electron chi connectivity index (χ2n) is 5.73. The summed E-state index contributed by atoms with van der Waals surface area (Å²) in [6, 6.07) is 11.0. The standard InChI is InChI=1S/C19H15F2N5O2/c1-23-19(28)10-5-7-11(8-6-10)24-15-9-14(25-26-17(15)18(22)27)16-12(20)3-2-4-13(16)21/h2-9H,1H3,(H2,22,27)(H,23,28)(H,24,25). The van der Waals surface area contributed by atoms with Crippen LogP contribution in [0.15, 0.2) is 48.5 Å². The Labute approximate surface area is 158 Å². The third-order valence-electron chi connectivity index (χ3n) is 3.90. The van der Waals surface area contributed by atoms with Gasteiger partial charge in [-0.3, -0.25) is 9.59 Å². The van der Waals surface area contributed by atoms with Crippen LogP contribution in [0.4, 0.5) is 20.2 Å². The number of benzene rings is 2. The molecule has 0 unspecified atom stereocenters. The number of rotatable bonds is 5. The lowest BCUT2D eigenvalue weighted by Crippen LogP contribution is -2.18. The molecule has 0 atom stereocenters. The molecule has 0 saturated heterocycles. The summed E-state index contributed by atoms with van der Waals surface area (Å²) in [4.78, 5) is 23.3. The number of nitrogens with zero attached hydrogens (tertiary/aromatic N) is 2. The van der Waals surface area contributed by atoms with Gasteiger partial charge in [-0.2, -0.15) is 0 Å². The van der Waals surface area contributed by atoms with Crippen molar-refractivity contribution in [3.63, 3.8) is 0 Å². The van der Waals surface area contributed by atoms with Gasteiger partial charge in [-0.25, -0.2) is 8.78 Å². The maximum atomic E-state index is 14.0. The van der Waals surface area contributed by atoms with Crippen LogP contribution in [-0.4, -0.2) is 29.1 Å². The molecule has 28 heavy (non-hydrogen) atoms. The molecule has 0 aliphatic carbocycles. The van der Waals surface area contributed by atoms with Gasteiger partial charge in [-0.15, -0.1) is 10.2 Å². The highest BCUT2D eigenvalue weighted by molar-refractivity contribution is 5.98. The topological polar surface area (TPSA) is 110 Å². The lowest BCUT2D eigenvalue weighted by Gasteiger charge is -2.12. The molecule has 1 heterocycles. The number of hydrogen-bond acceptors (Lipinski definition) is 5. The normalized spacial score (nSPS) is 10.4. The first-order chi connectivity index (χ1) is 13.4. The van der Waals surface area contributed by atoms with E-state index in [-0.39, 0.29) is 28.5 Å². The Morgan fingerprint density at radius 2 is 1.64 bits per heavy atom. The van der Waals surface area contributed by atoms with Crippen LogP contribution in [0.3, 0.4) is 0 Å². The molecule has 1 aromatic heterocycles. The molecule has 0 fully saturated rings. The van der Waals surface area contributed by atoms with Crippen LogP contribution in [0.2, 0.25) is 0 Å². The van der Waals surface area contributed by atoms with E-state index in [1.54, 1.807) is 24.3 Å². The Kier molecular flexibility index (Phi) is 5.25. The van der Waals surface area contributed by atoms with Gasteiger partial charge in [0, 0.05) is 18.3 Å². The van der Waals surface area contributed by atoms with Crippen molar-refractivity contribution in [2.45, 2.75) is 0 Å². The van der Waals surface area contributed by atoms with Gasteiger partial charge in [0.1, 0.15) is 17.3 Å². The van der Waals surface area contributed by atoms with Crippen molar-refractivity contribution >= 4 is 23.2 Å². The monoisotopic (exact) mass is 383 g/mol. The number of carbonyl (C=O) groups is 2. The Bertz CT molecular complexity index is 1030. The summed E-state index contributed by atoms with van der Waals surface area (Å²) in [6.45, 7) is 0. The van der Waals surface area contributed by atoms with Crippen LogP contribution in [0.25, 0.3) is 11.3 Å². The van der Waals surface area contributed by atoms with Gasteiger partial charge in [-0.1, -0.05) is 6.07 Å². The summed E-state index contributed by atoms with van der Waals surface area (Å²) >= 11 is 0. The Morgan fingerprint density at radius 3 is 2.21 bits per heavy atom. The summed E-state index contributed by atoms with van der Waals surface area (Å²) in [7, 11) is 1.51. The number of anilines is 2. The number of carbonyl (C=O) groups excluding carboxylic acids is 2. The van der Waals surface area contributed by atoms with Gasteiger partial charge < -0.3 is 16.4 Å². The number of amides is 2. The van der Waals surface area contributed by atoms with Crippen LogP contribution in [0.1, 0.15) is 20.8 Å². The van der Waals surface area contributed by atoms with Crippen molar-refractivity contribution < 1.29 is 18.4 Å². The maximum Gasteiger partial charge on any atom is 0.271 e. The molecule has 0 radical (unpaired) electrons. The molecule has 3 aromatic rings. The predicted molar refractivity (Wildman–Crippen MR) is 99.0 cm³/mol. The second-order valence-corrected chi connectivity index (χ2v) is 5.73. The van der Waals surface area contributed by atoms with Crippen LogP contribution < -0.4 is 16.4 Å². The van der Waals surface area contributed by atoms with Crippen LogP contribution >= 0.6 is 0 Å². The number of nitrogens with one attached hydrogen (secondary N) is 2. The molecule has 0 aliphatic heterocycles. The molecule has 7 nitrogen and oxygen atoms in total. The average molecular weight is 383 g/mol. The van der Waals surface area contributed by atoms with E-state index >= 15 is 0 Å². The smallest absolute Gasteiger partial charge is 0.271 e. The zero-order valence-electron chi connectivity index (χ0n) is 14.7. The van der Waals surface area contributed by atoms with E-state index in [2.05, 4.69) is 20.8 Å². The van der Waals surface area contributed by atoms with Crippen LogP contribution in [0, 0.1) is 11.6 Å². The van der Waals surface area contributed by atoms with E-state index in [0.29, 0.717) is 11.3 Å². The van der Waals surface area contributed by atoms with Gasteiger partial charge in [0.05, 0.1) is 11.3 Å². The fraction of sp³-hybridized carbons (Fsp3) is 0.0526. The summed E-state index contributed by atoms with van der Waals surface area (Å²) < 4.78 is 28.1. The number of halogens is 2. The highest BCUT2D eigenvalue weighted by Crippen LogP contribution is 2.28. The lowest BCUT2D eigenvalue weighted by atomic mass is 10.1.